The van der Waals surface area contributed by atoms with E-state index in [-0.39, 0.29) is 0 Å². The first-order valence-electron chi connectivity index (χ1n) is 7.10. The van der Waals surface area contributed by atoms with E-state index in [1.807, 2.05) is 25.7 Å². The molecule has 0 aliphatic rings. The highest BCUT2D eigenvalue weighted by Crippen LogP contribution is 2.26. The van der Waals surface area contributed by atoms with Crippen molar-refractivity contribution >= 4 is 11.8 Å². The summed E-state index contributed by atoms with van der Waals surface area (Å²) in [6.45, 7) is 9.59. The molecule has 0 saturated heterocycles. The van der Waals surface area contributed by atoms with E-state index in [0.29, 0.717) is 11.3 Å². The van der Waals surface area contributed by atoms with Crippen molar-refractivity contribution < 1.29 is 4.74 Å². The maximum Gasteiger partial charge on any atom is 0.119 e. The Hall–Kier alpha value is -0.670. The van der Waals surface area contributed by atoms with Gasteiger partial charge in [0.25, 0.3) is 0 Å². The molecule has 0 heterocycles. The molecule has 2 atom stereocenters. The number of ether oxygens (including phenoxy) is 1. The van der Waals surface area contributed by atoms with E-state index in [9.17, 15) is 0 Å². The fourth-order valence-corrected chi connectivity index (χ4v) is 2.99. The third kappa shape index (κ3) is 5.45. The Labute approximate surface area is 122 Å². The highest BCUT2D eigenvalue weighted by atomic mass is 32.2. The van der Waals surface area contributed by atoms with Gasteiger partial charge in [-0.05, 0) is 37.6 Å². The van der Waals surface area contributed by atoms with Crippen LogP contribution in [-0.2, 0) is 0 Å². The Morgan fingerprint density at radius 2 is 1.79 bits per heavy atom. The van der Waals surface area contributed by atoms with Gasteiger partial charge in [-0.25, -0.2) is 0 Å². The highest BCUT2D eigenvalue weighted by Gasteiger charge is 2.13. The number of rotatable bonds is 8. The molecule has 1 aromatic carbocycles. The van der Waals surface area contributed by atoms with Gasteiger partial charge in [-0.15, -0.1) is 0 Å². The largest absolute Gasteiger partial charge is 0.494 e. The van der Waals surface area contributed by atoms with Crippen molar-refractivity contribution in [3.8, 4) is 5.75 Å². The number of hydrogen-bond donors (Lipinski definition) is 1. The quantitative estimate of drug-likeness (QED) is 0.774. The van der Waals surface area contributed by atoms with Gasteiger partial charge >= 0.3 is 0 Å². The first-order chi connectivity index (χ1) is 9.08. The number of hydrogen-bond acceptors (Lipinski definition) is 3. The summed E-state index contributed by atoms with van der Waals surface area (Å²) in [4.78, 5) is 0. The zero-order valence-electron chi connectivity index (χ0n) is 12.8. The summed E-state index contributed by atoms with van der Waals surface area (Å²) in [6, 6.07) is 8.83. The van der Waals surface area contributed by atoms with Gasteiger partial charge in [-0.2, -0.15) is 11.8 Å². The molecule has 19 heavy (non-hydrogen) atoms. The number of nitrogens with one attached hydrogen (secondary N) is 1. The van der Waals surface area contributed by atoms with E-state index in [2.05, 4.69) is 50.4 Å². The van der Waals surface area contributed by atoms with Gasteiger partial charge in [0, 0.05) is 17.0 Å². The first-order valence-corrected chi connectivity index (χ1v) is 8.15. The van der Waals surface area contributed by atoms with Gasteiger partial charge in [0.15, 0.2) is 0 Å². The second-order valence-electron chi connectivity index (χ2n) is 5.13. The highest BCUT2D eigenvalue weighted by molar-refractivity contribution is 7.99. The van der Waals surface area contributed by atoms with Crippen LogP contribution in [0.4, 0.5) is 0 Å². The molecule has 1 rings (SSSR count). The van der Waals surface area contributed by atoms with Crippen LogP contribution >= 0.6 is 11.8 Å². The zero-order valence-corrected chi connectivity index (χ0v) is 13.6. The molecule has 2 nitrogen and oxygen atoms in total. The Kier molecular flexibility index (Phi) is 7.32. The summed E-state index contributed by atoms with van der Waals surface area (Å²) in [6.07, 6.45) is 0. The van der Waals surface area contributed by atoms with Crippen LogP contribution in [0, 0.1) is 5.92 Å². The fourth-order valence-electron chi connectivity index (χ4n) is 1.75. The topological polar surface area (TPSA) is 21.3 Å². The SMILES string of the molecule is CCOc1ccc(C(CSC(C)C(C)C)NC)cc1. The maximum atomic E-state index is 5.48. The maximum absolute atomic E-state index is 5.48. The van der Waals surface area contributed by atoms with Crippen LogP contribution in [0.1, 0.15) is 39.3 Å². The van der Waals surface area contributed by atoms with Crippen molar-refractivity contribution in [3.63, 3.8) is 0 Å². The lowest BCUT2D eigenvalue weighted by Gasteiger charge is -2.21. The van der Waals surface area contributed by atoms with Crippen molar-refractivity contribution in [1.82, 2.24) is 5.32 Å². The molecule has 0 aliphatic heterocycles. The smallest absolute Gasteiger partial charge is 0.119 e. The van der Waals surface area contributed by atoms with Gasteiger partial charge in [0.05, 0.1) is 6.61 Å². The summed E-state index contributed by atoms with van der Waals surface area (Å²) in [5.74, 6) is 2.77. The minimum absolute atomic E-state index is 0.405. The number of thioether (sulfide) groups is 1. The number of benzene rings is 1. The minimum atomic E-state index is 0.405. The van der Waals surface area contributed by atoms with E-state index in [4.69, 9.17) is 4.74 Å². The summed E-state index contributed by atoms with van der Waals surface area (Å²) in [5.41, 5.74) is 1.33. The van der Waals surface area contributed by atoms with Crippen LogP contribution in [0.15, 0.2) is 24.3 Å². The second kappa shape index (κ2) is 8.49. The molecule has 0 saturated carbocycles. The van der Waals surface area contributed by atoms with Gasteiger partial charge < -0.3 is 10.1 Å². The molecule has 0 amide bonds. The monoisotopic (exact) mass is 281 g/mol. The molecular formula is C16H27NOS. The molecular weight excluding hydrogens is 254 g/mol. The summed E-state index contributed by atoms with van der Waals surface area (Å²) >= 11 is 2.03. The zero-order chi connectivity index (χ0) is 14.3. The Morgan fingerprint density at radius 1 is 1.16 bits per heavy atom. The van der Waals surface area contributed by atoms with Gasteiger partial charge in [-0.3, -0.25) is 0 Å². The summed E-state index contributed by atoms with van der Waals surface area (Å²) in [5, 5.41) is 4.10. The third-order valence-corrected chi connectivity index (χ3v) is 5.00. The molecule has 108 valence electrons. The molecule has 2 unspecified atom stereocenters. The summed E-state index contributed by atoms with van der Waals surface area (Å²) in [7, 11) is 2.03. The van der Waals surface area contributed by atoms with Crippen LogP contribution in [-0.4, -0.2) is 24.7 Å². The van der Waals surface area contributed by atoms with Crippen LogP contribution in [0.5, 0.6) is 5.75 Å². The van der Waals surface area contributed by atoms with Crippen LogP contribution in [0.3, 0.4) is 0 Å². The normalized spacial score (nSPS) is 14.4. The fraction of sp³-hybridized carbons (Fsp3) is 0.625. The van der Waals surface area contributed by atoms with E-state index >= 15 is 0 Å². The molecule has 0 bridgehead atoms. The molecule has 3 heteroatoms. The van der Waals surface area contributed by atoms with Gasteiger partial charge in [-0.1, -0.05) is 32.9 Å². The third-order valence-electron chi connectivity index (χ3n) is 3.41. The average molecular weight is 281 g/mol. The lowest BCUT2D eigenvalue weighted by Crippen LogP contribution is -2.20. The molecule has 0 aromatic heterocycles. The predicted molar refractivity (Wildman–Crippen MR) is 86.2 cm³/mol. The molecule has 0 aliphatic carbocycles. The van der Waals surface area contributed by atoms with Crippen LogP contribution in [0.2, 0.25) is 0 Å². The minimum Gasteiger partial charge on any atom is -0.494 e. The average Bonchev–Trinajstić information content (AvgIpc) is 2.41. The Bertz CT molecular complexity index is 350. The molecule has 0 radical (unpaired) electrons. The Morgan fingerprint density at radius 3 is 2.26 bits per heavy atom. The first kappa shape index (κ1) is 16.4. The van der Waals surface area contributed by atoms with E-state index in [0.717, 1.165) is 24.0 Å². The molecule has 1 N–H and O–H groups in total. The molecule has 0 fully saturated rings. The van der Waals surface area contributed by atoms with E-state index in [1.54, 1.807) is 0 Å². The summed E-state index contributed by atoms with van der Waals surface area (Å²) < 4.78 is 5.48. The van der Waals surface area contributed by atoms with E-state index < -0.39 is 0 Å². The van der Waals surface area contributed by atoms with Gasteiger partial charge in [0.1, 0.15) is 5.75 Å². The van der Waals surface area contributed by atoms with Crippen LogP contribution < -0.4 is 10.1 Å². The van der Waals surface area contributed by atoms with E-state index in [1.165, 1.54) is 5.56 Å². The van der Waals surface area contributed by atoms with Crippen molar-refractivity contribution in [1.29, 1.82) is 0 Å². The lowest BCUT2D eigenvalue weighted by molar-refractivity contribution is 0.340. The molecule has 0 spiro atoms. The second-order valence-corrected chi connectivity index (χ2v) is 6.54. The predicted octanol–water partition coefficient (Wildman–Crippen LogP) is 4.12. The van der Waals surface area contributed by atoms with Crippen LogP contribution in [0.25, 0.3) is 0 Å². The standard InChI is InChI=1S/C16H27NOS/c1-6-18-15-9-7-14(8-10-15)16(17-5)11-19-13(4)12(2)3/h7-10,12-13,16-17H,6,11H2,1-5H3. The lowest BCUT2D eigenvalue weighted by atomic mass is 10.1. The van der Waals surface area contributed by atoms with Crippen molar-refractivity contribution in [2.24, 2.45) is 5.92 Å². The molecule has 1 aromatic rings. The van der Waals surface area contributed by atoms with Crippen molar-refractivity contribution in [2.45, 2.75) is 39.0 Å². The van der Waals surface area contributed by atoms with Crippen molar-refractivity contribution in [3.05, 3.63) is 29.8 Å². The Balaban J connectivity index is 2.58. The van der Waals surface area contributed by atoms with Crippen molar-refractivity contribution in [2.75, 3.05) is 19.4 Å². The van der Waals surface area contributed by atoms with Gasteiger partial charge in [0.2, 0.25) is 0 Å².